The van der Waals surface area contributed by atoms with E-state index < -0.39 is 0 Å². The molecule has 0 aliphatic rings. The first-order valence-corrected chi connectivity index (χ1v) is 4.82. The molecule has 2 N–H and O–H groups in total. The molecule has 4 heteroatoms. The Labute approximate surface area is 89.6 Å². The predicted octanol–water partition coefficient (Wildman–Crippen LogP) is 0.920. The van der Waals surface area contributed by atoms with Crippen LogP contribution in [0, 0.1) is 0 Å². The van der Waals surface area contributed by atoms with Crippen molar-refractivity contribution < 1.29 is 9.53 Å². The van der Waals surface area contributed by atoms with Gasteiger partial charge < -0.3 is 20.2 Å². The van der Waals surface area contributed by atoms with Crippen LogP contribution in [0.4, 0.5) is 11.4 Å². The highest BCUT2D eigenvalue weighted by Crippen LogP contribution is 2.14. The minimum atomic E-state index is 0.162. The van der Waals surface area contributed by atoms with Gasteiger partial charge in [-0.2, -0.15) is 0 Å². The summed E-state index contributed by atoms with van der Waals surface area (Å²) >= 11 is 0. The van der Waals surface area contributed by atoms with Crippen molar-refractivity contribution in [3.05, 3.63) is 24.3 Å². The van der Waals surface area contributed by atoms with Gasteiger partial charge in [-0.1, -0.05) is 0 Å². The molecule has 0 atom stereocenters. The monoisotopic (exact) mass is 208 g/mol. The zero-order valence-electron chi connectivity index (χ0n) is 8.85. The Hall–Kier alpha value is -1.55. The molecular weight excluding hydrogens is 192 g/mol. The van der Waals surface area contributed by atoms with Crippen molar-refractivity contribution in [2.24, 2.45) is 0 Å². The maximum atomic E-state index is 10.0. The van der Waals surface area contributed by atoms with Gasteiger partial charge in [0.2, 0.25) is 0 Å². The number of likely N-dealkylation sites (N-methyl/N-ethyl adjacent to an activating group) is 1. The second-order valence-electron chi connectivity index (χ2n) is 3.25. The number of nitrogens with two attached hydrogens (primary N) is 1. The minimum Gasteiger partial charge on any atom is -0.399 e. The summed E-state index contributed by atoms with van der Waals surface area (Å²) in [5, 5.41) is 0. The number of ether oxygens (including phenoxy) is 1. The minimum absolute atomic E-state index is 0.162. The predicted molar refractivity (Wildman–Crippen MR) is 61.0 cm³/mol. The molecule has 0 radical (unpaired) electrons. The van der Waals surface area contributed by atoms with Crippen LogP contribution in [-0.2, 0) is 9.53 Å². The molecule has 0 unspecified atom stereocenters. The summed E-state index contributed by atoms with van der Waals surface area (Å²) in [5.74, 6) is 0. The van der Waals surface area contributed by atoms with Crippen LogP contribution in [-0.4, -0.2) is 33.1 Å². The maximum Gasteiger partial charge on any atom is 0.145 e. The molecule has 0 fully saturated rings. The maximum absolute atomic E-state index is 10.0. The Bertz CT molecular complexity index is 298. The number of carbonyl (C=O) groups is 1. The lowest BCUT2D eigenvalue weighted by molar-refractivity contribution is -0.111. The van der Waals surface area contributed by atoms with Crippen molar-refractivity contribution in [3.63, 3.8) is 0 Å². The third-order valence-electron chi connectivity index (χ3n) is 2.09. The second kappa shape index (κ2) is 6.03. The lowest BCUT2D eigenvalue weighted by Gasteiger charge is -2.18. The number of rotatable bonds is 6. The molecular formula is C11H16N2O2. The van der Waals surface area contributed by atoms with E-state index in [0.29, 0.717) is 6.61 Å². The Morgan fingerprint density at radius 2 is 2.07 bits per heavy atom. The number of hydrogen-bond acceptors (Lipinski definition) is 4. The second-order valence-corrected chi connectivity index (χ2v) is 3.25. The number of carbonyl (C=O) groups excluding carboxylic acids is 1. The first-order chi connectivity index (χ1) is 7.24. The average Bonchev–Trinajstić information content (AvgIpc) is 2.25. The van der Waals surface area contributed by atoms with E-state index in [1.54, 1.807) is 0 Å². The summed E-state index contributed by atoms with van der Waals surface area (Å²) < 4.78 is 5.06. The number of anilines is 2. The van der Waals surface area contributed by atoms with E-state index in [4.69, 9.17) is 10.5 Å². The third kappa shape index (κ3) is 3.99. The van der Waals surface area contributed by atoms with E-state index in [1.165, 1.54) is 0 Å². The van der Waals surface area contributed by atoms with Gasteiger partial charge in [-0.05, 0) is 24.3 Å². The highest BCUT2D eigenvalue weighted by Gasteiger charge is 1.99. The van der Waals surface area contributed by atoms with Crippen molar-refractivity contribution in [1.82, 2.24) is 0 Å². The van der Waals surface area contributed by atoms with E-state index in [-0.39, 0.29) is 6.61 Å². The standard InChI is InChI=1S/C11H16N2O2/c1-13(6-8-15-9-7-14)11-4-2-10(12)3-5-11/h2-5,7H,6,8-9,12H2,1H3. The van der Waals surface area contributed by atoms with Crippen LogP contribution < -0.4 is 10.6 Å². The van der Waals surface area contributed by atoms with Gasteiger partial charge in [-0.15, -0.1) is 0 Å². The Morgan fingerprint density at radius 3 is 2.67 bits per heavy atom. The van der Waals surface area contributed by atoms with Crippen LogP contribution in [0.3, 0.4) is 0 Å². The quantitative estimate of drug-likeness (QED) is 0.429. The number of nitrogens with zero attached hydrogens (tertiary/aromatic N) is 1. The first kappa shape index (κ1) is 11.5. The molecule has 0 aliphatic heterocycles. The summed E-state index contributed by atoms with van der Waals surface area (Å²) in [4.78, 5) is 12.1. The SMILES string of the molecule is CN(CCOCC=O)c1ccc(N)cc1. The average molecular weight is 208 g/mol. The molecule has 0 spiro atoms. The van der Waals surface area contributed by atoms with Gasteiger partial charge >= 0.3 is 0 Å². The van der Waals surface area contributed by atoms with Crippen molar-refractivity contribution in [1.29, 1.82) is 0 Å². The van der Waals surface area contributed by atoms with Crippen molar-refractivity contribution >= 4 is 17.7 Å². The largest absolute Gasteiger partial charge is 0.399 e. The number of benzene rings is 1. The molecule has 1 rings (SSSR count). The molecule has 1 aromatic carbocycles. The molecule has 0 aromatic heterocycles. The van der Waals surface area contributed by atoms with Gasteiger partial charge in [-0.25, -0.2) is 0 Å². The molecule has 4 nitrogen and oxygen atoms in total. The van der Waals surface area contributed by atoms with Crippen LogP contribution in [0.25, 0.3) is 0 Å². The Kier molecular flexibility index (Phi) is 4.63. The van der Waals surface area contributed by atoms with Crippen LogP contribution in [0.15, 0.2) is 24.3 Å². The molecule has 82 valence electrons. The summed E-state index contributed by atoms with van der Waals surface area (Å²) in [5.41, 5.74) is 7.42. The van der Waals surface area contributed by atoms with Crippen molar-refractivity contribution in [2.75, 3.05) is 37.4 Å². The summed E-state index contributed by atoms with van der Waals surface area (Å²) in [6.45, 7) is 1.45. The number of aldehydes is 1. The third-order valence-corrected chi connectivity index (χ3v) is 2.09. The van der Waals surface area contributed by atoms with E-state index in [2.05, 4.69) is 0 Å². The highest BCUT2D eigenvalue weighted by atomic mass is 16.5. The summed E-state index contributed by atoms with van der Waals surface area (Å²) in [6, 6.07) is 7.63. The molecule has 0 saturated heterocycles. The summed E-state index contributed by atoms with van der Waals surface area (Å²) in [7, 11) is 1.97. The smallest absolute Gasteiger partial charge is 0.145 e. The fraction of sp³-hybridized carbons (Fsp3) is 0.364. The first-order valence-electron chi connectivity index (χ1n) is 4.82. The van der Waals surface area contributed by atoms with Gasteiger partial charge in [0.25, 0.3) is 0 Å². The molecule has 0 aliphatic carbocycles. The van der Waals surface area contributed by atoms with Crippen LogP contribution >= 0.6 is 0 Å². The normalized spacial score (nSPS) is 9.93. The van der Waals surface area contributed by atoms with Crippen LogP contribution in [0.1, 0.15) is 0 Å². The molecule has 0 heterocycles. The van der Waals surface area contributed by atoms with Gasteiger partial charge in [0.1, 0.15) is 12.9 Å². The van der Waals surface area contributed by atoms with Crippen molar-refractivity contribution in [2.45, 2.75) is 0 Å². The molecule has 0 amide bonds. The van der Waals surface area contributed by atoms with Crippen LogP contribution in [0.2, 0.25) is 0 Å². The molecule has 1 aromatic rings. The van der Waals surface area contributed by atoms with E-state index in [1.807, 2.05) is 36.2 Å². The fourth-order valence-electron chi connectivity index (χ4n) is 1.19. The molecule has 15 heavy (non-hydrogen) atoms. The Morgan fingerprint density at radius 1 is 1.40 bits per heavy atom. The van der Waals surface area contributed by atoms with Gasteiger partial charge in [0.15, 0.2) is 0 Å². The zero-order chi connectivity index (χ0) is 11.1. The van der Waals surface area contributed by atoms with Gasteiger partial charge in [0, 0.05) is 25.0 Å². The zero-order valence-corrected chi connectivity index (χ0v) is 8.85. The number of nitrogen functional groups attached to an aromatic ring is 1. The van der Waals surface area contributed by atoms with Crippen LogP contribution in [0.5, 0.6) is 0 Å². The topological polar surface area (TPSA) is 55.6 Å². The highest BCUT2D eigenvalue weighted by molar-refractivity contribution is 5.52. The lowest BCUT2D eigenvalue weighted by Crippen LogP contribution is -2.22. The van der Waals surface area contributed by atoms with Gasteiger partial charge in [-0.3, -0.25) is 0 Å². The lowest BCUT2D eigenvalue weighted by atomic mass is 10.2. The Balaban J connectivity index is 2.36. The van der Waals surface area contributed by atoms with E-state index in [9.17, 15) is 4.79 Å². The number of hydrogen-bond donors (Lipinski definition) is 1. The van der Waals surface area contributed by atoms with Gasteiger partial charge in [0.05, 0.1) is 6.61 Å². The fourth-order valence-corrected chi connectivity index (χ4v) is 1.19. The van der Waals surface area contributed by atoms with E-state index >= 15 is 0 Å². The summed E-state index contributed by atoms with van der Waals surface area (Å²) in [6.07, 6.45) is 0.753. The van der Waals surface area contributed by atoms with Crippen molar-refractivity contribution in [3.8, 4) is 0 Å². The molecule has 0 saturated carbocycles. The van der Waals surface area contributed by atoms with E-state index in [0.717, 1.165) is 24.2 Å². The molecule has 0 bridgehead atoms.